The first-order valence-corrected chi connectivity index (χ1v) is 5.60. The lowest BCUT2D eigenvalue weighted by molar-refractivity contribution is 0.234. The molecule has 0 radical (unpaired) electrons. The zero-order chi connectivity index (χ0) is 11.3. The fraction of sp³-hybridized carbons (Fsp3) is 0.417. The number of thiol groups is 1. The second kappa shape index (κ2) is 5.81. The largest absolute Gasteiger partial charge is 0.337 e. The normalized spacial score (nSPS) is 10.1. The van der Waals surface area contributed by atoms with Gasteiger partial charge in [-0.2, -0.15) is 0 Å². The zero-order valence-electron chi connectivity index (χ0n) is 9.23. The van der Waals surface area contributed by atoms with Gasteiger partial charge in [-0.25, -0.2) is 0 Å². The zero-order valence-corrected chi connectivity index (χ0v) is 10.1. The molecule has 0 aliphatic heterocycles. The minimum absolute atomic E-state index is 0.180. The van der Waals surface area contributed by atoms with Gasteiger partial charge in [-0.3, -0.25) is 4.79 Å². The van der Waals surface area contributed by atoms with Crippen molar-refractivity contribution in [1.29, 1.82) is 0 Å². The Morgan fingerprint density at radius 2 is 1.80 bits per heavy atom. The predicted octanol–water partition coefficient (Wildman–Crippen LogP) is 2.77. The summed E-state index contributed by atoms with van der Waals surface area (Å²) in [5.74, 6) is 0. The summed E-state index contributed by atoms with van der Waals surface area (Å²) in [6.45, 7) is 2.86. The summed E-state index contributed by atoms with van der Waals surface area (Å²) in [7, 11) is 1.76. The van der Waals surface area contributed by atoms with Crippen LogP contribution in [0.2, 0.25) is 0 Å². The number of hydrogen-bond donors (Lipinski definition) is 1. The van der Waals surface area contributed by atoms with Gasteiger partial charge in [0.2, 0.25) is 0 Å². The van der Waals surface area contributed by atoms with Crippen LogP contribution in [0.15, 0.2) is 24.3 Å². The fourth-order valence-electron chi connectivity index (χ4n) is 1.33. The van der Waals surface area contributed by atoms with Crippen LogP contribution in [0.5, 0.6) is 0 Å². The van der Waals surface area contributed by atoms with Crippen LogP contribution in [0.4, 0.5) is 4.79 Å². The molecule has 0 spiro atoms. The van der Waals surface area contributed by atoms with Crippen molar-refractivity contribution in [1.82, 2.24) is 4.90 Å². The van der Waals surface area contributed by atoms with Crippen LogP contribution in [-0.2, 0) is 12.8 Å². The summed E-state index contributed by atoms with van der Waals surface area (Å²) >= 11 is 3.76. The number of carbonyl (C=O) groups excluding carboxylic acids is 1. The molecule has 0 heterocycles. The van der Waals surface area contributed by atoms with Gasteiger partial charge in [0, 0.05) is 13.6 Å². The van der Waals surface area contributed by atoms with E-state index in [1.807, 2.05) is 0 Å². The topological polar surface area (TPSA) is 20.3 Å². The molecule has 1 aromatic rings. The van der Waals surface area contributed by atoms with Gasteiger partial charge >= 0.3 is 0 Å². The lowest BCUT2D eigenvalue weighted by atomic mass is 10.1. The van der Waals surface area contributed by atoms with Crippen LogP contribution in [0.3, 0.4) is 0 Å². The van der Waals surface area contributed by atoms with Gasteiger partial charge in [0.05, 0.1) is 0 Å². The molecular weight excluding hydrogens is 206 g/mol. The monoisotopic (exact) mass is 223 g/mol. The molecule has 0 aliphatic carbocycles. The maximum absolute atomic E-state index is 10.9. The molecule has 0 aliphatic rings. The van der Waals surface area contributed by atoms with E-state index >= 15 is 0 Å². The lowest BCUT2D eigenvalue weighted by Gasteiger charge is -2.13. The molecule has 0 atom stereocenters. The Labute approximate surface area is 96.7 Å². The van der Waals surface area contributed by atoms with E-state index in [1.54, 1.807) is 11.9 Å². The van der Waals surface area contributed by atoms with E-state index < -0.39 is 0 Å². The Kier molecular flexibility index (Phi) is 4.69. The summed E-state index contributed by atoms with van der Waals surface area (Å²) in [5, 5.41) is -0.180. The van der Waals surface area contributed by atoms with E-state index in [0.717, 1.165) is 12.8 Å². The highest BCUT2D eigenvalue weighted by Gasteiger charge is 2.02. The van der Waals surface area contributed by atoms with E-state index in [2.05, 4.69) is 43.8 Å². The molecule has 15 heavy (non-hydrogen) atoms. The summed E-state index contributed by atoms with van der Waals surface area (Å²) in [4.78, 5) is 12.5. The Morgan fingerprint density at radius 3 is 2.27 bits per heavy atom. The molecule has 1 aromatic carbocycles. The van der Waals surface area contributed by atoms with Crippen molar-refractivity contribution in [2.75, 3.05) is 13.6 Å². The third-order valence-electron chi connectivity index (χ3n) is 2.49. The van der Waals surface area contributed by atoms with E-state index in [0.29, 0.717) is 6.54 Å². The summed E-state index contributed by atoms with van der Waals surface area (Å²) in [6, 6.07) is 8.51. The highest BCUT2D eigenvalue weighted by molar-refractivity contribution is 7.96. The molecule has 0 aromatic heterocycles. The summed E-state index contributed by atoms with van der Waals surface area (Å²) in [5.41, 5.74) is 2.60. The molecule has 0 fully saturated rings. The minimum atomic E-state index is -0.180. The van der Waals surface area contributed by atoms with E-state index in [1.165, 1.54) is 11.1 Å². The molecule has 0 unspecified atom stereocenters. The smallest absolute Gasteiger partial charge is 0.278 e. The molecule has 3 heteroatoms. The molecule has 82 valence electrons. The standard InChI is InChI=1S/C12H17NOS/c1-3-10-4-6-11(7-5-10)8-9-13(2)12(14)15/h4-7H,3,8-9H2,1-2H3,(H,14,15). The number of amides is 1. The Balaban J connectivity index is 2.47. The van der Waals surface area contributed by atoms with Gasteiger partial charge in [-0.15, -0.1) is 0 Å². The van der Waals surface area contributed by atoms with Crippen molar-refractivity contribution in [3.63, 3.8) is 0 Å². The molecule has 1 amide bonds. The highest BCUT2D eigenvalue weighted by atomic mass is 32.1. The average Bonchev–Trinajstić information content (AvgIpc) is 2.26. The van der Waals surface area contributed by atoms with Gasteiger partial charge in [-0.05, 0) is 24.0 Å². The first-order chi connectivity index (χ1) is 7.13. The van der Waals surface area contributed by atoms with Crippen molar-refractivity contribution < 1.29 is 4.79 Å². The maximum Gasteiger partial charge on any atom is 0.278 e. The maximum atomic E-state index is 10.9. The number of likely N-dealkylation sites (N-methyl/N-ethyl adjacent to an activating group) is 1. The Morgan fingerprint density at radius 1 is 1.27 bits per heavy atom. The summed E-state index contributed by atoms with van der Waals surface area (Å²) in [6.07, 6.45) is 1.95. The first kappa shape index (κ1) is 12.1. The van der Waals surface area contributed by atoms with Crippen LogP contribution in [0.1, 0.15) is 18.1 Å². The van der Waals surface area contributed by atoms with E-state index in [9.17, 15) is 4.79 Å². The number of benzene rings is 1. The van der Waals surface area contributed by atoms with Crippen LogP contribution in [0, 0.1) is 0 Å². The minimum Gasteiger partial charge on any atom is -0.337 e. The second-order valence-electron chi connectivity index (χ2n) is 3.62. The molecular formula is C12H17NOS. The number of rotatable bonds is 4. The van der Waals surface area contributed by atoms with Crippen molar-refractivity contribution in [3.8, 4) is 0 Å². The van der Waals surface area contributed by atoms with Crippen molar-refractivity contribution in [2.24, 2.45) is 0 Å². The number of nitrogens with zero attached hydrogens (tertiary/aromatic N) is 1. The third kappa shape index (κ3) is 3.96. The van der Waals surface area contributed by atoms with Crippen molar-refractivity contribution in [3.05, 3.63) is 35.4 Å². The van der Waals surface area contributed by atoms with Gasteiger partial charge in [-0.1, -0.05) is 43.8 Å². The van der Waals surface area contributed by atoms with E-state index in [4.69, 9.17) is 0 Å². The van der Waals surface area contributed by atoms with E-state index in [-0.39, 0.29) is 5.24 Å². The Bertz CT molecular complexity index is 321. The molecule has 2 nitrogen and oxygen atoms in total. The van der Waals surface area contributed by atoms with Gasteiger partial charge in [0.25, 0.3) is 5.24 Å². The second-order valence-corrected chi connectivity index (χ2v) is 4.01. The number of hydrogen-bond acceptors (Lipinski definition) is 1. The van der Waals surface area contributed by atoms with Crippen LogP contribution >= 0.6 is 12.6 Å². The molecule has 0 bridgehead atoms. The van der Waals surface area contributed by atoms with Crippen molar-refractivity contribution >= 4 is 17.9 Å². The van der Waals surface area contributed by atoms with Crippen LogP contribution < -0.4 is 0 Å². The third-order valence-corrected chi connectivity index (χ3v) is 2.84. The van der Waals surface area contributed by atoms with Crippen molar-refractivity contribution in [2.45, 2.75) is 19.8 Å². The fourth-order valence-corrected chi connectivity index (χ4v) is 1.43. The summed E-state index contributed by atoms with van der Waals surface area (Å²) < 4.78 is 0. The number of aryl methyl sites for hydroxylation is 1. The molecule has 0 N–H and O–H groups in total. The lowest BCUT2D eigenvalue weighted by Crippen LogP contribution is -2.23. The predicted molar refractivity (Wildman–Crippen MR) is 66.5 cm³/mol. The van der Waals surface area contributed by atoms with Crippen LogP contribution in [0.25, 0.3) is 0 Å². The first-order valence-electron chi connectivity index (χ1n) is 5.15. The van der Waals surface area contributed by atoms with Gasteiger partial charge < -0.3 is 4.90 Å². The average molecular weight is 223 g/mol. The number of carbonyl (C=O) groups is 1. The van der Waals surface area contributed by atoms with Crippen LogP contribution in [-0.4, -0.2) is 23.7 Å². The molecule has 0 saturated carbocycles. The highest BCUT2D eigenvalue weighted by Crippen LogP contribution is 2.06. The SMILES string of the molecule is CCc1ccc(CCN(C)C(=O)S)cc1. The quantitative estimate of drug-likeness (QED) is 0.778. The van der Waals surface area contributed by atoms with Gasteiger partial charge in [0.15, 0.2) is 0 Å². The molecule has 0 saturated heterocycles. The Hall–Kier alpha value is -0.960. The molecule has 1 rings (SSSR count). The van der Waals surface area contributed by atoms with Gasteiger partial charge in [0.1, 0.15) is 0 Å².